The lowest BCUT2D eigenvalue weighted by molar-refractivity contribution is -0.124. The van der Waals surface area contributed by atoms with Crippen molar-refractivity contribution in [3.63, 3.8) is 0 Å². The Morgan fingerprint density at radius 1 is 1.19 bits per heavy atom. The highest BCUT2D eigenvalue weighted by molar-refractivity contribution is 5.78. The lowest BCUT2D eigenvalue weighted by Crippen LogP contribution is -2.47. The number of ether oxygens (including phenoxy) is 2. The fraction of sp³-hybridized carbons (Fsp3) is 0.600. The molecule has 0 aromatic heterocycles. The molecule has 1 aromatic rings. The maximum absolute atomic E-state index is 12.1. The highest BCUT2D eigenvalue weighted by Crippen LogP contribution is 2.16. The van der Waals surface area contributed by atoms with Crippen LogP contribution in [0.3, 0.4) is 0 Å². The van der Waals surface area contributed by atoms with E-state index in [1.54, 1.807) is 4.90 Å². The number of aryl methyl sites for hydroxylation is 2. The molecule has 1 aliphatic heterocycles. The summed E-state index contributed by atoms with van der Waals surface area (Å²) in [4.78, 5) is 25.7. The summed E-state index contributed by atoms with van der Waals surface area (Å²) in [6.07, 6.45) is 3.11. The highest BCUT2D eigenvalue weighted by atomic mass is 16.6. The van der Waals surface area contributed by atoms with Crippen molar-refractivity contribution < 1.29 is 19.1 Å². The first-order valence-corrected chi connectivity index (χ1v) is 9.40. The van der Waals surface area contributed by atoms with Crippen molar-refractivity contribution in [3.05, 3.63) is 29.3 Å². The fourth-order valence-corrected chi connectivity index (χ4v) is 2.82. The highest BCUT2D eigenvalue weighted by Gasteiger charge is 2.24. The Morgan fingerprint density at radius 2 is 1.92 bits per heavy atom. The Labute approximate surface area is 155 Å². The van der Waals surface area contributed by atoms with Gasteiger partial charge in [0.1, 0.15) is 5.75 Å². The summed E-state index contributed by atoms with van der Waals surface area (Å²) >= 11 is 0. The van der Waals surface area contributed by atoms with Gasteiger partial charge in [0.2, 0.25) is 0 Å². The minimum atomic E-state index is -0.249. The van der Waals surface area contributed by atoms with Crippen LogP contribution in [0.5, 0.6) is 5.75 Å². The molecule has 26 heavy (non-hydrogen) atoms. The summed E-state index contributed by atoms with van der Waals surface area (Å²) in [7, 11) is 0. The van der Waals surface area contributed by atoms with E-state index in [2.05, 4.69) is 12.2 Å². The molecule has 1 N–H and O–H groups in total. The third-order valence-electron chi connectivity index (χ3n) is 4.69. The van der Waals surface area contributed by atoms with Gasteiger partial charge in [-0.05, 0) is 56.4 Å². The first kappa shape index (κ1) is 20.1. The molecule has 1 fully saturated rings. The van der Waals surface area contributed by atoms with Crippen LogP contribution in [-0.4, -0.2) is 49.2 Å². The molecule has 144 valence electrons. The van der Waals surface area contributed by atoms with Gasteiger partial charge in [-0.3, -0.25) is 4.79 Å². The number of benzene rings is 1. The molecular weight excluding hydrogens is 332 g/mol. The molecule has 0 saturated carbocycles. The van der Waals surface area contributed by atoms with E-state index in [0.717, 1.165) is 31.2 Å². The Morgan fingerprint density at radius 3 is 2.58 bits per heavy atom. The van der Waals surface area contributed by atoms with E-state index in [9.17, 15) is 9.59 Å². The number of nitrogens with zero attached hydrogens (tertiary/aromatic N) is 1. The largest absolute Gasteiger partial charge is 0.484 e. The molecule has 1 aliphatic rings. The van der Waals surface area contributed by atoms with E-state index >= 15 is 0 Å². The third-order valence-corrected chi connectivity index (χ3v) is 4.69. The number of hydrogen-bond donors (Lipinski definition) is 1. The topological polar surface area (TPSA) is 67.9 Å². The smallest absolute Gasteiger partial charge is 0.409 e. The van der Waals surface area contributed by atoms with Crippen molar-refractivity contribution >= 4 is 12.0 Å². The molecule has 0 radical (unpaired) electrons. The molecule has 6 nitrogen and oxygen atoms in total. The zero-order valence-corrected chi connectivity index (χ0v) is 16.0. The van der Waals surface area contributed by atoms with Gasteiger partial charge in [0, 0.05) is 19.1 Å². The number of unbranched alkanes of at least 4 members (excludes halogenated alkanes) is 1. The molecule has 0 unspecified atom stereocenters. The number of carbonyl (C=O) groups excluding carboxylic acids is 2. The van der Waals surface area contributed by atoms with Crippen LogP contribution >= 0.6 is 0 Å². The average molecular weight is 362 g/mol. The summed E-state index contributed by atoms with van der Waals surface area (Å²) in [5.74, 6) is 0.570. The zero-order chi connectivity index (χ0) is 18.9. The molecule has 1 heterocycles. The normalized spacial score (nSPS) is 14.8. The van der Waals surface area contributed by atoms with Crippen LogP contribution in [0.25, 0.3) is 0 Å². The van der Waals surface area contributed by atoms with Crippen LogP contribution in [0, 0.1) is 13.8 Å². The fourth-order valence-electron chi connectivity index (χ4n) is 2.82. The van der Waals surface area contributed by atoms with Gasteiger partial charge in [0.05, 0.1) is 6.61 Å². The number of amides is 2. The van der Waals surface area contributed by atoms with Crippen LogP contribution in [0.2, 0.25) is 0 Å². The van der Waals surface area contributed by atoms with Gasteiger partial charge >= 0.3 is 6.09 Å². The second kappa shape index (κ2) is 10.0. The standard InChI is InChI=1S/C20H30N2O4/c1-4-5-12-25-20(24)22-10-8-17(9-11-22)21-19(23)14-26-18-7-6-15(2)16(3)13-18/h6-7,13,17H,4-5,8-12,14H2,1-3H3,(H,21,23). The molecule has 6 heteroatoms. The van der Waals surface area contributed by atoms with Crippen molar-refractivity contribution in [3.8, 4) is 5.75 Å². The molecule has 1 saturated heterocycles. The van der Waals surface area contributed by atoms with Gasteiger partial charge < -0.3 is 19.7 Å². The summed E-state index contributed by atoms with van der Waals surface area (Å²) in [5, 5.41) is 2.98. The van der Waals surface area contributed by atoms with Crippen molar-refractivity contribution in [2.75, 3.05) is 26.3 Å². The Bertz CT molecular complexity index is 610. The Balaban J connectivity index is 1.67. The minimum Gasteiger partial charge on any atom is -0.484 e. The Hall–Kier alpha value is -2.24. The van der Waals surface area contributed by atoms with Gasteiger partial charge in [-0.25, -0.2) is 4.79 Å². The van der Waals surface area contributed by atoms with E-state index in [4.69, 9.17) is 9.47 Å². The number of likely N-dealkylation sites (tertiary alicyclic amines) is 1. The SMILES string of the molecule is CCCCOC(=O)N1CCC(NC(=O)COc2ccc(C)c(C)c2)CC1. The van der Waals surface area contributed by atoms with E-state index < -0.39 is 0 Å². The van der Waals surface area contributed by atoms with Crippen molar-refractivity contribution in [1.82, 2.24) is 10.2 Å². The molecule has 2 amide bonds. The van der Waals surface area contributed by atoms with Gasteiger partial charge in [-0.15, -0.1) is 0 Å². The first-order chi connectivity index (χ1) is 12.5. The van der Waals surface area contributed by atoms with Crippen LogP contribution in [0.1, 0.15) is 43.7 Å². The number of carbonyl (C=O) groups is 2. The van der Waals surface area contributed by atoms with Gasteiger partial charge in [0.25, 0.3) is 5.91 Å². The van der Waals surface area contributed by atoms with Gasteiger partial charge in [0.15, 0.2) is 6.61 Å². The number of hydrogen-bond acceptors (Lipinski definition) is 4. The van der Waals surface area contributed by atoms with Crippen molar-refractivity contribution in [1.29, 1.82) is 0 Å². The average Bonchev–Trinajstić information content (AvgIpc) is 2.63. The molecule has 0 atom stereocenters. The zero-order valence-electron chi connectivity index (χ0n) is 16.0. The van der Waals surface area contributed by atoms with Crippen molar-refractivity contribution in [2.45, 2.75) is 52.5 Å². The quantitative estimate of drug-likeness (QED) is 0.757. The molecular formula is C20H30N2O4. The minimum absolute atomic E-state index is 0.00176. The summed E-state index contributed by atoms with van der Waals surface area (Å²) in [5.41, 5.74) is 2.34. The molecule has 2 rings (SSSR count). The van der Waals surface area contributed by atoms with Crippen LogP contribution in [0.4, 0.5) is 4.79 Å². The second-order valence-electron chi connectivity index (χ2n) is 6.83. The number of nitrogens with one attached hydrogen (secondary N) is 1. The van der Waals surface area contributed by atoms with Gasteiger partial charge in [-0.1, -0.05) is 19.4 Å². The molecule has 0 spiro atoms. The Kier molecular flexibility index (Phi) is 7.75. The lowest BCUT2D eigenvalue weighted by atomic mass is 10.1. The molecule has 0 aliphatic carbocycles. The third kappa shape index (κ3) is 6.24. The summed E-state index contributed by atoms with van der Waals surface area (Å²) in [6, 6.07) is 5.87. The van der Waals surface area contributed by atoms with Crippen LogP contribution < -0.4 is 10.1 Å². The van der Waals surface area contributed by atoms with Gasteiger partial charge in [-0.2, -0.15) is 0 Å². The summed E-state index contributed by atoms with van der Waals surface area (Å²) < 4.78 is 10.8. The van der Waals surface area contributed by atoms with E-state index in [1.165, 1.54) is 5.56 Å². The van der Waals surface area contributed by atoms with E-state index in [-0.39, 0.29) is 24.6 Å². The first-order valence-electron chi connectivity index (χ1n) is 9.40. The van der Waals surface area contributed by atoms with Crippen molar-refractivity contribution in [2.24, 2.45) is 0 Å². The van der Waals surface area contributed by atoms with Crippen LogP contribution in [-0.2, 0) is 9.53 Å². The number of rotatable bonds is 7. The van der Waals surface area contributed by atoms with E-state index in [1.807, 2.05) is 32.0 Å². The lowest BCUT2D eigenvalue weighted by Gasteiger charge is -2.31. The maximum atomic E-state index is 12.1. The van der Waals surface area contributed by atoms with E-state index in [0.29, 0.717) is 25.4 Å². The monoisotopic (exact) mass is 362 g/mol. The predicted molar refractivity (Wildman–Crippen MR) is 100 cm³/mol. The summed E-state index contributed by atoms with van der Waals surface area (Å²) in [6.45, 7) is 7.80. The second-order valence-corrected chi connectivity index (χ2v) is 6.83. The molecule has 1 aromatic carbocycles. The molecule has 0 bridgehead atoms. The van der Waals surface area contributed by atoms with Crippen LogP contribution in [0.15, 0.2) is 18.2 Å². The predicted octanol–water partition coefficient (Wildman–Crippen LogP) is 3.20. The number of piperidine rings is 1. The maximum Gasteiger partial charge on any atom is 0.409 e.